The minimum absolute atomic E-state index is 0.0946. The molecule has 4 rings (SSSR count). The Morgan fingerprint density at radius 1 is 1.14 bits per heavy atom. The molecule has 3 aromatic rings. The number of hydrogen-bond donors (Lipinski definition) is 1. The number of aromatic amines is 1. The Hall–Kier alpha value is -3.16. The Kier molecular flexibility index (Phi) is 4.85. The maximum atomic E-state index is 13.9. The number of benzene rings is 2. The summed E-state index contributed by atoms with van der Waals surface area (Å²) in [4.78, 5) is 18.4. The third-order valence-electron chi connectivity index (χ3n) is 4.97. The van der Waals surface area contributed by atoms with Crippen molar-refractivity contribution in [2.24, 2.45) is 5.92 Å². The summed E-state index contributed by atoms with van der Waals surface area (Å²) >= 11 is 0. The van der Waals surface area contributed by atoms with Crippen LogP contribution in [0.1, 0.15) is 22.1 Å². The first-order valence-electron chi connectivity index (χ1n) is 8.85. The van der Waals surface area contributed by atoms with Crippen LogP contribution in [0.15, 0.2) is 48.5 Å². The van der Waals surface area contributed by atoms with Crippen LogP contribution in [0, 0.1) is 17.6 Å². The van der Waals surface area contributed by atoms with Crippen LogP contribution in [0.4, 0.5) is 13.2 Å². The number of carbonyl (C=O) groups excluding carboxylic acids is 1. The summed E-state index contributed by atoms with van der Waals surface area (Å²) < 4.78 is 41.0. The van der Waals surface area contributed by atoms with E-state index in [1.54, 1.807) is 0 Å². The van der Waals surface area contributed by atoms with Crippen molar-refractivity contribution in [2.45, 2.75) is 5.92 Å². The Morgan fingerprint density at radius 3 is 2.68 bits per heavy atom. The fourth-order valence-corrected chi connectivity index (χ4v) is 3.49. The lowest BCUT2D eigenvalue weighted by Crippen LogP contribution is -2.30. The van der Waals surface area contributed by atoms with Gasteiger partial charge in [-0.2, -0.15) is 5.10 Å². The van der Waals surface area contributed by atoms with Crippen molar-refractivity contribution < 1.29 is 18.0 Å². The summed E-state index contributed by atoms with van der Waals surface area (Å²) in [6.07, 6.45) is 0. The molecule has 28 heavy (non-hydrogen) atoms. The zero-order valence-electron chi connectivity index (χ0n) is 14.8. The fraction of sp³-hybridized carbons (Fsp3) is 0.250. The minimum Gasteiger partial charge on any atom is -0.337 e. The molecule has 5 nitrogen and oxygen atoms in total. The molecular formula is C20H17F3N4O. The van der Waals surface area contributed by atoms with E-state index in [-0.39, 0.29) is 18.7 Å². The molecule has 0 radical (unpaired) electrons. The van der Waals surface area contributed by atoms with Crippen LogP contribution < -0.4 is 0 Å². The van der Waals surface area contributed by atoms with Gasteiger partial charge in [-0.3, -0.25) is 14.3 Å². The van der Waals surface area contributed by atoms with E-state index in [2.05, 4.69) is 15.2 Å². The van der Waals surface area contributed by atoms with Gasteiger partial charge in [0.15, 0.2) is 5.82 Å². The summed E-state index contributed by atoms with van der Waals surface area (Å²) in [5.74, 6) is -2.14. The van der Waals surface area contributed by atoms with E-state index in [4.69, 9.17) is 0 Å². The predicted molar refractivity (Wildman–Crippen MR) is 96.3 cm³/mol. The fourth-order valence-electron chi connectivity index (χ4n) is 3.49. The van der Waals surface area contributed by atoms with Gasteiger partial charge in [-0.1, -0.05) is 30.3 Å². The Bertz CT molecular complexity index is 992. The van der Waals surface area contributed by atoms with Crippen LogP contribution in [-0.2, 0) is 0 Å². The van der Waals surface area contributed by atoms with Crippen molar-refractivity contribution in [3.05, 3.63) is 71.6 Å². The smallest absolute Gasteiger partial charge is 0.256 e. The van der Waals surface area contributed by atoms with Crippen LogP contribution in [0.2, 0.25) is 0 Å². The van der Waals surface area contributed by atoms with Gasteiger partial charge in [-0.25, -0.2) is 13.8 Å². The average Bonchev–Trinajstić information content (AvgIpc) is 3.37. The van der Waals surface area contributed by atoms with Crippen LogP contribution >= 0.6 is 0 Å². The van der Waals surface area contributed by atoms with E-state index in [1.165, 1.54) is 4.90 Å². The number of alkyl halides is 1. The normalized spacial score (nSPS) is 19.2. The number of aromatic nitrogens is 3. The Morgan fingerprint density at radius 2 is 1.93 bits per heavy atom. The molecule has 144 valence electrons. The first kappa shape index (κ1) is 18.2. The molecule has 1 amide bonds. The highest BCUT2D eigenvalue weighted by molar-refractivity contribution is 5.94. The van der Waals surface area contributed by atoms with Gasteiger partial charge in [0.1, 0.15) is 17.5 Å². The number of likely N-dealkylation sites (tertiary alicyclic amines) is 1. The van der Waals surface area contributed by atoms with Gasteiger partial charge >= 0.3 is 0 Å². The minimum atomic E-state index is -0.808. The molecule has 1 N–H and O–H groups in total. The summed E-state index contributed by atoms with van der Waals surface area (Å²) in [6.45, 7) is -0.425. The molecule has 2 atom stereocenters. The number of amides is 1. The summed E-state index contributed by atoms with van der Waals surface area (Å²) in [5.41, 5.74) is 0.454. The summed E-state index contributed by atoms with van der Waals surface area (Å²) in [5, 5.41) is 7.01. The lowest BCUT2D eigenvalue weighted by molar-refractivity contribution is 0.0779. The first-order valence-corrected chi connectivity index (χ1v) is 8.85. The van der Waals surface area contributed by atoms with Crippen LogP contribution in [0.5, 0.6) is 0 Å². The third kappa shape index (κ3) is 3.37. The molecule has 0 bridgehead atoms. The molecule has 2 heterocycles. The van der Waals surface area contributed by atoms with Crippen molar-refractivity contribution in [2.75, 3.05) is 19.8 Å². The van der Waals surface area contributed by atoms with Crippen LogP contribution in [0.25, 0.3) is 11.4 Å². The zero-order chi connectivity index (χ0) is 19.7. The third-order valence-corrected chi connectivity index (χ3v) is 4.97. The van der Waals surface area contributed by atoms with E-state index in [0.717, 1.165) is 23.8 Å². The second-order valence-corrected chi connectivity index (χ2v) is 6.77. The van der Waals surface area contributed by atoms with Crippen molar-refractivity contribution in [3.63, 3.8) is 0 Å². The van der Waals surface area contributed by atoms with Gasteiger partial charge in [-0.05, 0) is 18.2 Å². The van der Waals surface area contributed by atoms with Crippen molar-refractivity contribution in [1.29, 1.82) is 0 Å². The molecule has 0 spiro atoms. The largest absolute Gasteiger partial charge is 0.337 e. The van der Waals surface area contributed by atoms with Gasteiger partial charge < -0.3 is 4.90 Å². The molecule has 2 aromatic carbocycles. The van der Waals surface area contributed by atoms with Crippen molar-refractivity contribution >= 4 is 5.91 Å². The predicted octanol–water partition coefficient (Wildman–Crippen LogP) is 3.58. The Balaban J connectivity index is 1.57. The van der Waals surface area contributed by atoms with E-state index >= 15 is 0 Å². The maximum absolute atomic E-state index is 13.9. The number of nitrogens with zero attached hydrogens (tertiary/aromatic N) is 3. The number of nitrogens with one attached hydrogen (secondary N) is 1. The van der Waals surface area contributed by atoms with Crippen LogP contribution in [0.3, 0.4) is 0 Å². The summed E-state index contributed by atoms with van der Waals surface area (Å²) in [6, 6.07) is 12.0. The molecular weight excluding hydrogens is 369 g/mol. The maximum Gasteiger partial charge on any atom is 0.256 e. The Labute approximate surface area is 159 Å². The van der Waals surface area contributed by atoms with E-state index in [1.807, 2.05) is 30.3 Å². The van der Waals surface area contributed by atoms with Gasteiger partial charge in [0.25, 0.3) is 5.91 Å². The standard InChI is InChI=1S/C20H17F3N4O/c21-9-13-10-27(20(28)15-8-14(22)6-7-17(15)23)11-16(13)19-24-18(25-26-19)12-4-2-1-3-5-12/h1-8,13,16H,9-11H2,(H,24,25,26)/t13-,16-/m1/s1. The molecule has 0 saturated carbocycles. The molecule has 0 aliphatic carbocycles. The van der Waals surface area contributed by atoms with E-state index in [0.29, 0.717) is 11.6 Å². The second kappa shape index (κ2) is 7.46. The van der Waals surface area contributed by atoms with Crippen molar-refractivity contribution in [3.8, 4) is 11.4 Å². The number of hydrogen-bond acceptors (Lipinski definition) is 3. The number of halogens is 3. The van der Waals surface area contributed by atoms with Gasteiger partial charge in [-0.15, -0.1) is 0 Å². The SMILES string of the molecule is O=C(c1cc(F)ccc1F)N1C[C@@H](CF)[C@H](c2nc(-c3ccccc3)n[nH]2)C1. The van der Waals surface area contributed by atoms with Crippen molar-refractivity contribution in [1.82, 2.24) is 20.1 Å². The highest BCUT2D eigenvalue weighted by Crippen LogP contribution is 2.33. The quantitative estimate of drug-likeness (QED) is 0.746. The monoisotopic (exact) mass is 386 g/mol. The van der Waals surface area contributed by atoms with Gasteiger partial charge in [0, 0.05) is 30.5 Å². The molecule has 0 unspecified atom stereocenters. The highest BCUT2D eigenvalue weighted by Gasteiger charge is 2.39. The molecule has 1 aliphatic heterocycles. The number of carbonyl (C=O) groups is 1. The highest BCUT2D eigenvalue weighted by atomic mass is 19.1. The molecule has 1 aliphatic rings. The number of H-pyrrole nitrogens is 1. The molecule has 1 saturated heterocycles. The number of rotatable bonds is 4. The average molecular weight is 386 g/mol. The molecule has 1 fully saturated rings. The van der Waals surface area contributed by atoms with E-state index < -0.39 is 36.1 Å². The van der Waals surface area contributed by atoms with Crippen LogP contribution in [-0.4, -0.2) is 45.8 Å². The topological polar surface area (TPSA) is 61.9 Å². The molecule has 1 aromatic heterocycles. The second-order valence-electron chi connectivity index (χ2n) is 6.77. The zero-order valence-corrected chi connectivity index (χ0v) is 14.8. The lowest BCUT2D eigenvalue weighted by Gasteiger charge is -2.16. The van der Waals surface area contributed by atoms with Gasteiger partial charge in [0.2, 0.25) is 0 Å². The van der Waals surface area contributed by atoms with E-state index in [9.17, 15) is 18.0 Å². The lowest BCUT2D eigenvalue weighted by atomic mass is 9.97. The van der Waals surface area contributed by atoms with Gasteiger partial charge in [0.05, 0.1) is 12.2 Å². The first-order chi connectivity index (χ1) is 13.6. The summed E-state index contributed by atoms with van der Waals surface area (Å²) in [7, 11) is 0. The molecule has 8 heteroatoms.